The van der Waals surface area contributed by atoms with Crippen LogP contribution in [0.25, 0.3) is 10.9 Å². The van der Waals surface area contributed by atoms with E-state index in [0.29, 0.717) is 12.1 Å². The lowest BCUT2D eigenvalue weighted by atomic mass is 10.2. The molecule has 98 valence electrons. The van der Waals surface area contributed by atoms with Gasteiger partial charge in [0.25, 0.3) is 0 Å². The molecule has 2 N–H and O–H groups in total. The van der Waals surface area contributed by atoms with Crippen LogP contribution in [0, 0.1) is 10.1 Å². The Balaban J connectivity index is 1.99. The van der Waals surface area contributed by atoms with Crippen LogP contribution in [0.1, 0.15) is 12.8 Å². The highest BCUT2D eigenvalue weighted by Crippen LogP contribution is 2.36. The van der Waals surface area contributed by atoms with E-state index in [4.69, 9.17) is 0 Å². The lowest BCUT2D eigenvalue weighted by Gasteiger charge is -2.10. The summed E-state index contributed by atoms with van der Waals surface area (Å²) in [5, 5.41) is 24.5. The van der Waals surface area contributed by atoms with Gasteiger partial charge in [-0.25, -0.2) is 4.98 Å². The summed E-state index contributed by atoms with van der Waals surface area (Å²) in [6, 6.07) is 8.73. The van der Waals surface area contributed by atoms with E-state index >= 15 is 0 Å². The number of hydrogen-bond donors (Lipinski definition) is 2. The first-order valence-electron chi connectivity index (χ1n) is 6.08. The Morgan fingerprint density at radius 1 is 1.42 bits per heavy atom. The number of nitrogens with zero attached hydrogens (tertiary/aromatic N) is 2. The van der Waals surface area contributed by atoms with Gasteiger partial charge in [-0.1, -0.05) is 18.2 Å². The van der Waals surface area contributed by atoms with E-state index in [2.05, 4.69) is 10.3 Å². The first kappa shape index (κ1) is 11.9. The lowest BCUT2D eigenvalue weighted by molar-refractivity contribution is -0.384. The van der Waals surface area contributed by atoms with Gasteiger partial charge in [-0.2, -0.15) is 0 Å². The van der Waals surface area contributed by atoms with Gasteiger partial charge in [0.15, 0.2) is 0 Å². The molecule has 1 aliphatic carbocycles. The molecule has 6 heteroatoms. The SMILES string of the molecule is O=[N+]([O-])c1cc2ccccc2nc1NCC1(O)CC1. The lowest BCUT2D eigenvalue weighted by Crippen LogP contribution is -2.21. The normalized spacial score (nSPS) is 16.3. The Hall–Kier alpha value is -2.21. The number of rotatable bonds is 4. The largest absolute Gasteiger partial charge is 0.388 e. The quantitative estimate of drug-likeness (QED) is 0.648. The molecular formula is C13H13N3O3. The van der Waals surface area contributed by atoms with Gasteiger partial charge in [-0.3, -0.25) is 10.1 Å². The van der Waals surface area contributed by atoms with Crippen LogP contribution >= 0.6 is 0 Å². The highest BCUT2D eigenvalue weighted by molar-refractivity contribution is 5.84. The van der Waals surface area contributed by atoms with Gasteiger partial charge in [-0.05, 0) is 18.9 Å². The monoisotopic (exact) mass is 259 g/mol. The number of benzene rings is 1. The van der Waals surface area contributed by atoms with E-state index in [1.165, 1.54) is 6.07 Å². The number of anilines is 1. The summed E-state index contributed by atoms with van der Waals surface area (Å²) >= 11 is 0. The molecule has 1 aromatic carbocycles. The number of pyridine rings is 1. The number of para-hydroxylation sites is 1. The van der Waals surface area contributed by atoms with E-state index in [-0.39, 0.29) is 11.5 Å². The van der Waals surface area contributed by atoms with Gasteiger partial charge in [-0.15, -0.1) is 0 Å². The van der Waals surface area contributed by atoms with Gasteiger partial charge in [0.05, 0.1) is 16.0 Å². The minimum atomic E-state index is -0.721. The van der Waals surface area contributed by atoms with Gasteiger partial charge in [0, 0.05) is 18.0 Å². The molecule has 0 atom stereocenters. The Morgan fingerprint density at radius 2 is 2.16 bits per heavy atom. The number of hydrogen-bond acceptors (Lipinski definition) is 5. The number of nitro groups is 1. The molecule has 0 spiro atoms. The molecule has 1 saturated carbocycles. The summed E-state index contributed by atoms with van der Waals surface area (Å²) in [6.45, 7) is 0.291. The molecular weight excluding hydrogens is 246 g/mol. The van der Waals surface area contributed by atoms with Crippen molar-refractivity contribution in [2.45, 2.75) is 18.4 Å². The fourth-order valence-corrected chi connectivity index (χ4v) is 1.94. The van der Waals surface area contributed by atoms with Gasteiger partial charge >= 0.3 is 5.69 Å². The topological polar surface area (TPSA) is 88.3 Å². The third-order valence-corrected chi connectivity index (χ3v) is 3.31. The highest BCUT2D eigenvalue weighted by atomic mass is 16.6. The zero-order chi connectivity index (χ0) is 13.5. The summed E-state index contributed by atoms with van der Waals surface area (Å²) in [4.78, 5) is 14.9. The van der Waals surface area contributed by atoms with Crippen molar-refractivity contribution in [1.29, 1.82) is 0 Å². The Kier molecular flexibility index (Phi) is 2.60. The van der Waals surface area contributed by atoms with E-state index in [9.17, 15) is 15.2 Å². The van der Waals surface area contributed by atoms with Crippen molar-refractivity contribution in [2.24, 2.45) is 0 Å². The molecule has 3 rings (SSSR count). The minimum absolute atomic E-state index is 0.0667. The Morgan fingerprint density at radius 3 is 2.84 bits per heavy atom. The first-order valence-corrected chi connectivity index (χ1v) is 6.08. The Bertz CT molecular complexity index is 653. The van der Waals surface area contributed by atoms with Crippen molar-refractivity contribution >= 4 is 22.4 Å². The molecule has 0 aliphatic heterocycles. The summed E-state index contributed by atoms with van der Waals surface area (Å²) in [5.41, 5.74) is -0.0948. The number of nitrogens with one attached hydrogen (secondary N) is 1. The second-order valence-corrected chi connectivity index (χ2v) is 4.88. The van der Waals surface area contributed by atoms with Gasteiger partial charge in [0.1, 0.15) is 0 Å². The number of fused-ring (bicyclic) bond motifs is 1. The molecule has 0 bridgehead atoms. The molecule has 0 amide bonds. The molecule has 1 fully saturated rings. The third-order valence-electron chi connectivity index (χ3n) is 3.31. The summed E-state index contributed by atoms with van der Waals surface area (Å²) in [7, 11) is 0. The molecule has 1 heterocycles. The maximum Gasteiger partial charge on any atom is 0.312 e. The highest BCUT2D eigenvalue weighted by Gasteiger charge is 2.40. The molecule has 2 aromatic rings. The maximum absolute atomic E-state index is 11.1. The first-order chi connectivity index (χ1) is 9.07. The Labute approximate surface area is 109 Å². The second-order valence-electron chi connectivity index (χ2n) is 4.88. The van der Waals surface area contributed by atoms with Crippen LogP contribution < -0.4 is 5.32 Å². The summed E-state index contributed by atoms with van der Waals surface area (Å²) < 4.78 is 0. The maximum atomic E-state index is 11.1. The van der Waals surface area contributed by atoms with Crippen LogP contribution in [0.4, 0.5) is 11.5 Å². The second kappa shape index (κ2) is 4.17. The van der Waals surface area contributed by atoms with Crippen molar-refractivity contribution in [2.75, 3.05) is 11.9 Å². The van der Waals surface area contributed by atoms with E-state index in [0.717, 1.165) is 18.2 Å². The van der Waals surface area contributed by atoms with E-state index in [1.54, 1.807) is 12.1 Å². The van der Waals surface area contributed by atoms with Crippen LogP contribution in [-0.4, -0.2) is 27.2 Å². The number of aromatic nitrogens is 1. The predicted molar refractivity (Wildman–Crippen MR) is 71.1 cm³/mol. The predicted octanol–water partition coefficient (Wildman–Crippen LogP) is 2.08. The summed E-state index contributed by atoms with van der Waals surface area (Å²) in [6.07, 6.45) is 1.45. The van der Waals surface area contributed by atoms with Gasteiger partial charge < -0.3 is 10.4 Å². The summed E-state index contributed by atoms with van der Waals surface area (Å²) in [5.74, 6) is 0.212. The minimum Gasteiger partial charge on any atom is -0.388 e. The fourth-order valence-electron chi connectivity index (χ4n) is 1.94. The average molecular weight is 259 g/mol. The standard InChI is InChI=1S/C13H13N3O3/c17-13(5-6-13)8-14-12-11(16(18)19)7-9-3-1-2-4-10(9)15-12/h1-4,7,17H,5-6,8H2,(H,14,15). The average Bonchev–Trinajstić information content (AvgIpc) is 3.13. The molecule has 6 nitrogen and oxygen atoms in total. The molecule has 1 aromatic heterocycles. The fraction of sp³-hybridized carbons (Fsp3) is 0.308. The zero-order valence-corrected chi connectivity index (χ0v) is 10.2. The van der Waals surface area contributed by atoms with Crippen molar-refractivity contribution in [3.63, 3.8) is 0 Å². The van der Waals surface area contributed by atoms with Crippen molar-refractivity contribution < 1.29 is 10.0 Å². The van der Waals surface area contributed by atoms with Crippen molar-refractivity contribution in [1.82, 2.24) is 4.98 Å². The van der Waals surface area contributed by atoms with Crippen LogP contribution in [-0.2, 0) is 0 Å². The molecule has 0 saturated heterocycles. The van der Waals surface area contributed by atoms with Crippen LogP contribution in [0.15, 0.2) is 30.3 Å². The van der Waals surface area contributed by atoms with E-state index < -0.39 is 10.5 Å². The van der Waals surface area contributed by atoms with Crippen molar-refractivity contribution in [3.05, 3.63) is 40.4 Å². The van der Waals surface area contributed by atoms with Crippen LogP contribution in [0.3, 0.4) is 0 Å². The van der Waals surface area contributed by atoms with Crippen molar-refractivity contribution in [3.8, 4) is 0 Å². The number of aliphatic hydroxyl groups is 1. The molecule has 0 unspecified atom stereocenters. The molecule has 1 aliphatic rings. The van der Waals surface area contributed by atoms with E-state index in [1.807, 2.05) is 12.1 Å². The van der Waals surface area contributed by atoms with Crippen LogP contribution in [0.2, 0.25) is 0 Å². The third kappa shape index (κ3) is 2.34. The van der Waals surface area contributed by atoms with Gasteiger partial charge in [0.2, 0.25) is 5.82 Å². The zero-order valence-electron chi connectivity index (χ0n) is 10.2. The smallest absolute Gasteiger partial charge is 0.312 e. The van der Waals surface area contributed by atoms with Crippen LogP contribution in [0.5, 0.6) is 0 Å². The molecule has 0 radical (unpaired) electrons. The molecule has 19 heavy (non-hydrogen) atoms.